The van der Waals surface area contributed by atoms with Crippen molar-refractivity contribution in [2.45, 2.75) is 46.3 Å². The first-order chi connectivity index (χ1) is 9.57. The lowest BCUT2D eigenvalue weighted by Gasteiger charge is -2.25. The fourth-order valence-electron chi connectivity index (χ4n) is 2.04. The van der Waals surface area contributed by atoms with Crippen LogP contribution in [0.2, 0.25) is 0 Å². The molecular formula is C17H24N2O. The second kappa shape index (κ2) is 6.23. The predicted molar refractivity (Wildman–Crippen MR) is 84.1 cm³/mol. The Hall–Kier alpha value is -1.61. The highest BCUT2D eigenvalue weighted by molar-refractivity contribution is 5.89. The van der Waals surface area contributed by atoms with Crippen LogP contribution in [0.1, 0.15) is 39.7 Å². The number of hydrogen-bond acceptors (Lipinski definition) is 3. The van der Waals surface area contributed by atoms with Crippen LogP contribution in [0.25, 0.3) is 10.8 Å². The molecule has 2 rings (SSSR count). The largest absolute Gasteiger partial charge is 0.471 e. The van der Waals surface area contributed by atoms with Gasteiger partial charge < -0.3 is 10.1 Å². The van der Waals surface area contributed by atoms with Crippen molar-refractivity contribution in [3.63, 3.8) is 0 Å². The van der Waals surface area contributed by atoms with Crippen molar-refractivity contribution in [3.8, 4) is 5.88 Å². The molecule has 0 bridgehead atoms. The van der Waals surface area contributed by atoms with Crippen molar-refractivity contribution >= 4 is 10.8 Å². The van der Waals surface area contributed by atoms with Gasteiger partial charge in [-0.05, 0) is 43.8 Å². The molecule has 0 atom stereocenters. The first-order valence-electron chi connectivity index (χ1n) is 7.33. The summed E-state index contributed by atoms with van der Waals surface area (Å²) in [6.07, 6.45) is 2.87. The average molecular weight is 272 g/mol. The lowest BCUT2D eigenvalue weighted by Crippen LogP contribution is -2.27. The minimum atomic E-state index is -0.195. The normalized spacial score (nSPS) is 11.8. The summed E-state index contributed by atoms with van der Waals surface area (Å²) in [5.41, 5.74) is 1.02. The minimum Gasteiger partial charge on any atom is -0.471 e. The Morgan fingerprint density at radius 2 is 1.85 bits per heavy atom. The summed E-state index contributed by atoms with van der Waals surface area (Å²) in [5, 5.41) is 5.66. The summed E-state index contributed by atoms with van der Waals surface area (Å²) in [6.45, 7) is 10.2. The van der Waals surface area contributed by atoms with E-state index in [0.29, 0.717) is 0 Å². The molecule has 0 radical (unpaired) electrons. The van der Waals surface area contributed by atoms with Gasteiger partial charge in [0.25, 0.3) is 0 Å². The van der Waals surface area contributed by atoms with E-state index in [1.165, 1.54) is 10.9 Å². The maximum atomic E-state index is 6.09. The van der Waals surface area contributed by atoms with Crippen LogP contribution in [0.4, 0.5) is 0 Å². The molecular weight excluding hydrogens is 248 g/mol. The van der Waals surface area contributed by atoms with Gasteiger partial charge in [-0.2, -0.15) is 0 Å². The van der Waals surface area contributed by atoms with E-state index in [9.17, 15) is 0 Å². The number of rotatable bonds is 6. The van der Waals surface area contributed by atoms with Gasteiger partial charge in [-0.3, -0.25) is 0 Å². The molecule has 108 valence electrons. The van der Waals surface area contributed by atoms with E-state index < -0.39 is 0 Å². The third-order valence-corrected chi connectivity index (χ3v) is 3.63. The molecule has 0 aliphatic rings. The van der Waals surface area contributed by atoms with Crippen molar-refractivity contribution in [2.24, 2.45) is 0 Å². The van der Waals surface area contributed by atoms with E-state index >= 15 is 0 Å². The van der Waals surface area contributed by atoms with Crippen LogP contribution >= 0.6 is 0 Å². The van der Waals surface area contributed by atoms with Gasteiger partial charge in [0.15, 0.2) is 0 Å². The second-order valence-corrected chi connectivity index (χ2v) is 5.63. The van der Waals surface area contributed by atoms with Crippen molar-refractivity contribution in [1.29, 1.82) is 0 Å². The summed E-state index contributed by atoms with van der Waals surface area (Å²) >= 11 is 0. The zero-order valence-electron chi connectivity index (χ0n) is 12.9. The fourth-order valence-corrected chi connectivity index (χ4v) is 2.04. The third-order valence-electron chi connectivity index (χ3n) is 3.63. The Kier molecular flexibility index (Phi) is 4.61. The zero-order chi connectivity index (χ0) is 14.6. The first-order valence-corrected chi connectivity index (χ1v) is 7.33. The molecule has 3 nitrogen and oxygen atoms in total. The number of nitrogens with zero attached hydrogens (tertiary/aromatic N) is 1. The predicted octanol–water partition coefficient (Wildman–Crippen LogP) is 3.91. The highest BCUT2D eigenvalue weighted by Gasteiger charge is 2.19. The van der Waals surface area contributed by atoms with Crippen LogP contribution in [0.15, 0.2) is 30.5 Å². The van der Waals surface area contributed by atoms with Gasteiger partial charge in [0.05, 0.1) is 0 Å². The standard InChI is InChI=1S/C17H24N2O/c1-5-17(3,4)20-16-15-10-8-7-9-14(15)13(12-19-16)11-18-6-2/h7-10,12,18H,5-6,11H2,1-4H3. The van der Waals surface area contributed by atoms with Crippen LogP contribution in [-0.4, -0.2) is 17.1 Å². The van der Waals surface area contributed by atoms with Crippen LogP contribution in [0.5, 0.6) is 5.88 Å². The quantitative estimate of drug-likeness (QED) is 0.865. The molecule has 0 aliphatic carbocycles. The van der Waals surface area contributed by atoms with Gasteiger partial charge in [0.1, 0.15) is 5.60 Å². The number of benzene rings is 1. The van der Waals surface area contributed by atoms with Crippen LogP contribution < -0.4 is 10.1 Å². The number of hydrogen-bond donors (Lipinski definition) is 1. The van der Waals surface area contributed by atoms with Gasteiger partial charge in [-0.1, -0.05) is 32.0 Å². The number of aromatic nitrogens is 1. The molecule has 1 N–H and O–H groups in total. The lowest BCUT2D eigenvalue weighted by molar-refractivity contribution is 0.101. The molecule has 1 heterocycles. The molecule has 0 saturated heterocycles. The maximum absolute atomic E-state index is 6.09. The summed E-state index contributed by atoms with van der Waals surface area (Å²) in [7, 11) is 0. The lowest BCUT2D eigenvalue weighted by atomic mass is 10.1. The van der Waals surface area contributed by atoms with Gasteiger partial charge in [0.2, 0.25) is 5.88 Å². The van der Waals surface area contributed by atoms with E-state index in [4.69, 9.17) is 4.74 Å². The molecule has 1 aromatic carbocycles. The van der Waals surface area contributed by atoms with Crippen molar-refractivity contribution < 1.29 is 4.74 Å². The average Bonchev–Trinajstić information content (AvgIpc) is 2.46. The molecule has 0 aliphatic heterocycles. The fraction of sp³-hybridized carbons (Fsp3) is 0.471. The number of fused-ring (bicyclic) bond motifs is 1. The summed E-state index contributed by atoms with van der Waals surface area (Å²) in [4.78, 5) is 4.53. The van der Waals surface area contributed by atoms with Gasteiger partial charge in [-0.25, -0.2) is 4.98 Å². The van der Waals surface area contributed by atoms with Gasteiger partial charge in [-0.15, -0.1) is 0 Å². The van der Waals surface area contributed by atoms with E-state index in [-0.39, 0.29) is 5.60 Å². The molecule has 3 heteroatoms. The van der Waals surface area contributed by atoms with Crippen LogP contribution in [0.3, 0.4) is 0 Å². The van der Waals surface area contributed by atoms with E-state index in [1.807, 2.05) is 12.3 Å². The monoisotopic (exact) mass is 272 g/mol. The van der Waals surface area contributed by atoms with Crippen LogP contribution in [0, 0.1) is 0 Å². The number of pyridine rings is 1. The second-order valence-electron chi connectivity index (χ2n) is 5.63. The van der Waals surface area contributed by atoms with E-state index in [0.717, 1.165) is 30.8 Å². The maximum Gasteiger partial charge on any atom is 0.221 e. The molecule has 0 unspecified atom stereocenters. The highest BCUT2D eigenvalue weighted by Crippen LogP contribution is 2.29. The molecule has 2 aromatic rings. The number of ether oxygens (including phenoxy) is 1. The van der Waals surface area contributed by atoms with E-state index in [1.54, 1.807) is 0 Å². The van der Waals surface area contributed by atoms with Gasteiger partial charge in [0, 0.05) is 18.1 Å². The zero-order valence-corrected chi connectivity index (χ0v) is 12.9. The first kappa shape index (κ1) is 14.8. The van der Waals surface area contributed by atoms with Crippen molar-refractivity contribution in [2.75, 3.05) is 6.54 Å². The molecule has 0 amide bonds. The summed E-state index contributed by atoms with van der Waals surface area (Å²) in [5.74, 6) is 0.729. The molecule has 0 saturated carbocycles. The smallest absolute Gasteiger partial charge is 0.221 e. The SMILES string of the molecule is CCNCc1cnc(OC(C)(C)CC)c2ccccc12. The Morgan fingerprint density at radius 1 is 1.15 bits per heavy atom. The Labute approximate surface area is 121 Å². The third kappa shape index (κ3) is 3.28. The molecule has 0 spiro atoms. The molecule has 20 heavy (non-hydrogen) atoms. The van der Waals surface area contributed by atoms with Crippen molar-refractivity contribution in [1.82, 2.24) is 10.3 Å². The summed E-state index contributed by atoms with van der Waals surface area (Å²) < 4.78 is 6.09. The minimum absolute atomic E-state index is 0.195. The summed E-state index contributed by atoms with van der Waals surface area (Å²) in [6, 6.07) is 8.31. The van der Waals surface area contributed by atoms with Crippen LogP contribution in [-0.2, 0) is 6.54 Å². The molecule has 1 aromatic heterocycles. The number of nitrogens with one attached hydrogen (secondary N) is 1. The van der Waals surface area contributed by atoms with Gasteiger partial charge >= 0.3 is 0 Å². The van der Waals surface area contributed by atoms with E-state index in [2.05, 4.69) is 56.2 Å². The highest BCUT2D eigenvalue weighted by atomic mass is 16.5. The Balaban J connectivity index is 2.43. The Morgan fingerprint density at radius 3 is 2.50 bits per heavy atom. The Bertz CT molecular complexity index is 578. The van der Waals surface area contributed by atoms with Crippen molar-refractivity contribution in [3.05, 3.63) is 36.0 Å². The molecule has 0 fully saturated rings. The topological polar surface area (TPSA) is 34.2 Å².